The molecule has 1 saturated carbocycles. The van der Waals surface area contributed by atoms with E-state index >= 15 is 0 Å². The van der Waals surface area contributed by atoms with Crippen molar-refractivity contribution in [3.63, 3.8) is 0 Å². The number of pyridine rings is 1. The molecule has 1 aliphatic carbocycles. The van der Waals surface area contributed by atoms with Crippen LogP contribution in [0.4, 0.5) is 10.2 Å². The molecule has 4 rings (SSSR count). The highest BCUT2D eigenvalue weighted by Crippen LogP contribution is 2.25. The molecule has 0 bridgehead atoms. The maximum atomic E-state index is 13.6. The van der Waals surface area contributed by atoms with Gasteiger partial charge in [0.15, 0.2) is 0 Å². The van der Waals surface area contributed by atoms with E-state index in [9.17, 15) is 9.18 Å². The van der Waals surface area contributed by atoms with Crippen molar-refractivity contribution >= 4 is 34.2 Å². The highest BCUT2D eigenvalue weighted by atomic mass is 35.5. The SMILES string of the molecule is Cc1cc(NC2CCC(NC(=O)c3ccc(Cl)c(F)c3)CC2)nc2ccccc12. The largest absolute Gasteiger partial charge is 0.367 e. The summed E-state index contributed by atoms with van der Waals surface area (Å²) in [5, 5.41) is 7.74. The molecule has 0 saturated heterocycles. The number of aromatic nitrogens is 1. The van der Waals surface area contributed by atoms with E-state index in [1.54, 1.807) is 6.07 Å². The molecule has 1 aliphatic rings. The Morgan fingerprint density at radius 1 is 1.07 bits per heavy atom. The molecule has 1 heterocycles. The lowest BCUT2D eigenvalue weighted by Crippen LogP contribution is -2.40. The number of fused-ring (bicyclic) bond motifs is 1. The van der Waals surface area contributed by atoms with Gasteiger partial charge in [0.25, 0.3) is 5.91 Å². The molecule has 4 nitrogen and oxygen atoms in total. The first-order valence-corrected chi connectivity index (χ1v) is 10.3. The van der Waals surface area contributed by atoms with Gasteiger partial charge < -0.3 is 10.6 Å². The summed E-state index contributed by atoms with van der Waals surface area (Å²) in [5.74, 6) is 0.0551. The third kappa shape index (κ3) is 4.51. The Balaban J connectivity index is 1.33. The molecule has 0 unspecified atom stereocenters. The van der Waals surface area contributed by atoms with Crippen LogP contribution in [0.2, 0.25) is 5.02 Å². The zero-order valence-electron chi connectivity index (χ0n) is 16.2. The molecule has 1 fully saturated rings. The number of nitrogens with zero attached hydrogens (tertiary/aromatic N) is 1. The minimum Gasteiger partial charge on any atom is -0.367 e. The van der Waals surface area contributed by atoms with Gasteiger partial charge in [-0.2, -0.15) is 0 Å². The smallest absolute Gasteiger partial charge is 0.251 e. The predicted octanol–water partition coefficient (Wildman–Crippen LogP) is 5.49. The molecular weight excluding hydrogens is 389 g/mol. The second-order valence-corrected chi connectivity index (χ2v) is 8.04. The van der Waals surface area contributed by atoms with E-state index in [0.717, 1.165) is 37.0 Å². The van der Waals surface area contributed by atoms with Gasteiger partial charge >= 0.3 is 0 Å². The van der Waals surface area contributed by atoms with Crippen LogP contribution in [0, 0.1) is 12.7 Å². The van der Waals surface area contributed by atoms with Gasteiger partial charge in [-0.05, 0) is 68.5 Å². The van der Waals surface area contributed by atoms with Crippen LogP contribution in [0.5, 0.6) is 0 Å². The number of amides is 1. The quantitative estimate of drug-likeness (QED) is 0.597. The lowest BCUT2D eigenvalue weighted by molar-refractivity contribution is 0.0926. The van der Waals surface area contributed by atoms with Crippen LogP contribution in [0.3, 0.4) is 0 Å². The Kier molecular flexibility index (Phi) is 5.67. The molecule has 150 valence electrons. The maximum absolute atomic E-state index is 13.6. The Bertz CT molecular complexity index is 1050. The first-order chi connectivity index (χ1) is 14.0. The standard InChI is InChI=1S/C23H23ClFN3O/c1-14-12-22(28-21-5-3-2-4-18(14)21)26-16-7-9-17(10-8-16)27-23(29)15-6-11-19(24)20(25)13-15/h2-6,11-13,16-17H,7-10H2,1H3,(H,26,28)(H,27,29). The average Bonchev–Trinajstić information content (AvgIpc) is 2.71. The summed E-state index contributed by atoms with van der Waals surface area (Å²) >= 11 is 5.68. The summed E-state index contributed by atoms with van der Waals surface area (Å²) in [6.45, 7) is 2.10. The van der Waals surface area contributed by atoms with Gasteiger partial charge in [-0.3, -0.25) is 4.79 Å². The Labute approximate surface area is 174 Å². The molecule has 1 amide bonds. The van der Waals surface area contributed by atoms with Gasteiger partial charge in [0.05, 0.1) is 10.5 Å². The third-order valence-corrected chi connectivity index (χ3v) is 5.83. The van der Waals surface area contributed by atoms with Crippen LogP contribution in [-0.2, 0) is 0 Å². The number of hydrogen-bond donors (Lipinski definition) is 2. The monoisotopic (exact) mass is 411 g/mol. The fourth-order valence-corrected chi connectivity index (χ4v) is 4.04. The summed E-state index contributed by atoms with van der Waals surface area (Å²) < 4.78 is 13.6. The summed E-state index contributed by atoms with van der Waals surface area (Å²) in [6, 6.07) is 14.8. The van der Waals surface area contributed by atoms with Gasteiger partial charge in [0.2, 0.25) is 0 Å². The third-order valence-electron chi connectivity index (χ3n) is 5.52. The minimum atomic E-state index is -0.578. The molecular formula is C23H23ClFN3O. The Morgan fingerprint density at radius 3 is 2.55 bits per heavy atom. The van der Waals surface area contributed by atoms with Gasteiger partial charge in [-0.1, -0.05) is 29.8 Å². The van der Waals surface area contributed by atoms with Gasteiger partial charge in [-0.25, -0.2) is 9.37 Å². The van der Waals surface area contributed by atoms with Gasteiger partial charge in [0, 0.05) is 23.0 Å². The molecule has 6 heteroatoms. The number of aryl methyl sites for hydroxylation is 1. The zero-order valence-corrected chi connectivity index (χ0v) is 17.0. The predicted molar refractivity (Wildman–Crippen MR) is 115 cm³/mol. The van der Waals surface area contributed by atoms with Crippen molar-refractivity contribution in [2.45, 2.75) is 44.7 Å². The number of rotatable bonds is 4. The second kappa shape index (κ2) is 8.37. The van der Waals surface area contributed by atoms with E-state index in [-0.39, 0.29) is 17.0 Å². The summed E-state index contributed by atoms with van der Waals surface area (Å²) in [6.07, 6.45) is 3.61. The van der Waals surface area contributed by atoms with Crippen molar-refractivity contribution < 1.29 is 9.18 Å². The van der Waals surface area contributed by atoms with E-state index in [4.69, 9.17) is 16.6 Å². The van der Waals surface area contributed by atoms with Crippen molar-refractivity contribution in [3.05, 3.63) is 70.5 Å². The molecule has 2 N–H and O–H groups in total. The number of carbonyl (C=O) groups excluding carboxylic acids is 1. The van der Waals surface area contributed by atoms with Crippen molar-refractivity contribution in [2.24, 2.45) is 0 Å². The summed E-state index contributed by atoms with van der Waals surface area (Å²) in [4.78, 5) is 17.1. The number of nitrogens with one attached hydrogen (secondary N) is 2. The van der Waals surface area contributed by atoms with Crippen LogP contribution < -0.4 is 10.6 Å². The number of halogens is 2. The maximum Gasteiger partial charge on any atom is 0.251 e. The highest BCUT2D eigenvalue weighted by molar-refractivity contribution is 6.30. The first kappa shape index (κ1) is 19.6. The normalized spacial score (nSPS) is 19.1. The van der Waals surface area contributed by atoms with E-state index < -0.39 is 5.82 Å². The average molecular weight is 412 g/mol. The molecule has 2 aromatic carbocycles. The topological polar surface area (TPSA) is 54.0 Å². The molecule has 0 radical (unpaired) electrons. The number of carbonyl (C=O) groups is 1. The molecule has 0 atom stereocenters. The van der Waals surface area contributed by atoms with Gasteiger partial charge in [0.1, 0.15) is 11.6 Å². The second-order valence-electron chi connectivity index (χ2n) is 7.64. The van der Waals surface area contributed by atoms with Crippen LogP contribution in [-0.4, -0.2) is 23.0 Å². The number of anilines is 1. The lowest BCUT2D eigenvalue weighted by Gasteiger charge is -2.30. The Hall–Kier alpha value is -2.66. The Morgan fingerprint density at radius 2 is 1.79 bits per heavy atom. The fourth-order valence-electron chi connectivity index (χ4n) is 3.92. The highest BCUT2D eigenvalue weighted by Gasteiger charge is 2.23. The molecule has 3 aromatic rings. The van der Waals surface area contributed by atoms with Crippen molar-refractivity contribution in [1.29, 1.82) is 0 Å². The number of benzene rings is 2. The van der Waals surface area contributed by atoms with Crippen LogP contribution in [0.25, 0.3) is 10.9 Å². The summed E-state index contributed by atoms with van der Waals surface area (Å²) in [7, 11) is 0. The minimum absolute atomic E-state index is 0.0191. The van der Waals surface area contributed by atoms with Crippen molar-refractivity contribution in [3.8, 4) is 0 Å². The van der Waals surface area contributed by atoms with Gasteiger partial charge in [-0.15, -0.1) is 0 Å². The number of para-hydroxylation sites is 1. The molecule has 29 heavy (non-hydrogen) atoms. The van der Waals surface area contributed by atoms with Crippen molar-refractivity contribution in [2.75, 3.05) is 5.32 Å². The molecule has 0 spiro atoms. The van der Waals surface area contributed by atoms with E-state index in [1.165, 1.54) is 23.1 Å². The molecule has 1 aromatic heterocycles. The zero-order chi connectivity index (χ0) is 20.4. The van der Waals surface area contributed by atoms with Crippen LogP contribution >= 0.6 is 11.6 Å². The van der Waals surface area contributed by atoms with E-state index in [1.807, 2.05) is 18.2 Å². The number of hydrogen-bond acceptors (Lipinski definition) is 3. The van der Waals surface area contributed by atoms with Crippen LogP contribution in [0.1, 0.15) is 41.6 Å². The lowest BCUT2D eigenvalue weighted by atomic mass is 9.91. The fraction of sp³-hybridized carbons (Fsp3) is 0.304. The van der Waals surface area contributed by atoms with Crippen molar-refractivity contribution in [1.82, 2.24) is 10.3 Å². The van der Waals surface area contributed by atoms with E-state index in [2.05, 4.69) is 29.7 Å². The first-order valence-electron chi connectivity index (χ1n) is 9.88. The summed E-state index contributed by atoms with van der Waals surface area (Å²) in [5.41, 5.74) is 2.49. The van der Waals surface area contributed by atoms with E-state index in [0.29, 0.717) is 11.6 Å². The molecule has 0 aliphatic heterocycles. The van der Waals surface area contributed by atoms with Crippen LogP contribution in [0.15, 0.2) is 48.5 Å².